The first-order valence-electron chi connectivity index (χ1n) is 6.46. The number of nitrogens with one attached hydrogen (secondary N) is 1. The molecule has 0 saturated heterocycles. The van der Waals surface area contributed by atoms with E-state index in [-0.39, 0.29) is 0 Å². The first-order chi connectivity index (χ1) is 9.19. The fraction of sp³-hybridized carbons (Fsp3) is 0.333. The van der Waals surface area contributed by atoms with Crippen molar-refractivity contribution in [3.8, 4) is 11.8 Å². The summed E-state index contributed by atoms with van der Waals surface area (Å²) in [6, 6.07) is 6.46. The van der Waals surface area contributed by atoms with E-state index in [4.69, 9.17) is 4.74 Å². The molecule has 0 amide bonds. The van der Waals surface area contributed by atoms with Gasteiger partial charge in [0.15, 0.2) is 0 Å². The summed E-state index contributed by atoms with van der Waals surface area (Å²) >= 11 is 0. The molecule has 4 nitrogen and oxygen atoms in total. The van der Waals surface area contributed by atoms with Crippen molar-refractivity contribution in [2.75, 3.05) is 6.54 Å². The van der Waals surface area contributed by atoms with Gasteiger partial charge in [0.25, 0.3) is 0 Å². The van der Waals surface area contributed by atoms with Gasteiger partial charge in [-0.2, -0.15) is 0 Å². The third kappa shape index (κ3) is 3.76. The highest BCUT2D eigenvalue weighted by molar-refractivity contribution is 5.37. The van der Waals surface area contributed by atoms with Crippen LogP contribution in [0.25, 0.3) is 0 Å². The van der Waals surface area contributed by atoms with Crippen LogP contribution in [0.1, 0.15) is 23.6 Å². The highest BCUT2D eigenvalue weighted by Crippen LogP contribution is 2.23. The Hall–Kier alpha value is -1.94. The van der Waals surface area contributed by atoms with E-state index in [0.717, 1.165) is 35.5 Å². The second-order valence-electron chi connectivity index (χ2n) is 4.53. The minimum absolute atomic E-state index is 0.383. The quantitative estimate of drug-likeness (QED) is 0.894. The summed E-state index contributed by atoms with van der Waals surface area (Å²) in [4.78, 5) is 8.45. The summed E-state index contributed by atoms with van der Waals surface area (Å²) < 4.78 is 5.71. The van der Waals surface area contributed by atoms with Crippen LogP contribution in [0, 0.1) is 13.8 Å². The largest absolute Gasteiger partial charge is 0.424 e. The minimum atomic E-state index is 0.383. The SMILES string of the molecule is CCNCc1cnc(Oc2cc(C)ccc2C)nc1. The molecule has 0 aliphatic heterocycles. The first kappa shape index (κ1) is 13.5. The zero-order valence-electron chi connectivity index (χ0n) is 11.6. The van der Waals surface area contributed by atoms with Gasteiger partial charge in [0.05, 0.1) is 0 Å². The van der Waals surface area contributed by atoms with E-state index in [0.29, 0.717) is 6.01 Å². The summed E-state index contributed by atoms with van der Waals surface area (Å²) in [6.07, 6.45) is 3.58. The normalized spacial score (nSPS) is 10.5. The molecule has 2 aromatic rings. The molecule has 1 aromatic carbocycles. The van der Waals surface area contributed by atoms with Gasteiger partial charge in [0.1, 0.15) is 5.75 Å². The van der Waals surface area contributed by atoms with Crippen molar-refractivity contribution >= 4 is 0 Å². The Kier molecular flexibility index (Phi) is 4.47. The van der Waals surface area contributed by atoms with Gasteiger partial charge in [0, 0.05) is 24.5 Å². The lowest BCUT2D eigenvalue weighted by Gasteiger charge is -2.08. The second kappa shape index (κ2) is 6.29. The van der Waals surface area contributed by atoms with Gasteiger partial charge in [-0.25, -0.2) is 9.97 Å². The average molecular weight is 257 g/mol. The van der Waals surface area contributed by atoms with Crippen LogP contribution >= 0.6 is 0 Å². The highest BCUT2D eigenvalue weighted by Gasteiger charge is 2.04. The van der Waals surface area contributed by atoms with Gasteiger partial charge in [-0.15, -0.1) is 0 Å². The maximum Gasteiger partial charge on any atom is 0.321 e. The van der Waals surface area contributed by atoms with Crippen LogP contribution in [0.2, 0.25) is 0 Å². The van der Waals surface area contributed by atoms with Crippen LogP contribution in [0.15, 0.2) is 30.6 Å². The van der Waals surface area contributed by atoms with Crippen molar-refractivity contribution in [1.29, 1.82) is 0 Å². The van der Waals surface area contributed by atoms with Gasteiger partial charge >= 0.3 is 6.01 Å². The van der Waals surface area contributed by atoms with Crippen LogP contribution in [0.3, 0.4) is 0 Å². The van der Waals surface area contributed by atoms with Crippen LogP contribution in [-0.4, -0.2) is 16.5 Å². The molecule has 0 aliphatic rings. The Labute approximate surface area is 113 Å². The second-order valence-corrected chi connectivity index (χ2v) is 4.53. The first-order valence-corrected chi connectivity index (χ1v) is 6.46. The van der Waals surface area contributed by atoms with Gasteiger partial charge in [0.2, 0.25) is 0 Å². The Balaban J connectivity index is 2.08. The number of aryl methyl sites for hydroxylation is 2. The molecule has 0 unspecified atom stereocenters. The molecule has 0 radical (unpaired) electrons. The predicted molar refractivity (Wildman–Crippen MR) is 75.4 cm³/mol. The van der Waals surface area contributed by atoms with Gasteiger partial charge in [-0.3, -0.25) is 0 Å². The Morgan fingerprint density at radius 1 is 1.16 bits per heavy atom. The number of ether oxygens (including phenoxy) is 1. The summed E-state index contributed by atoms with van der Waals surface area (Å²) in [5.41, 5.74) is 3.28. The fourth-order valence-electron chi connectivity index (χ4n) is 1.67. The van der Waals surface area contributed by atoms with E-state index in [1.807, 2.05) is 26.0 Å². The molecule has 0 saturated carbocycles. The van der Waals surface area contributed by atoms with Crippen molar-refractivity contribution in [1.82, 2.24) is 15.3 Å². The predicted octanol–water partition coefficient (Wildman–Crippen LogP) is 3.00. The van der Waals surface area contributed by atoms with Gasteiger partial charge in [-0.1, -0.05) is 19.1 Å². The number of benzene rings is 1. The molecule has 0 bridgehead atoms. The van der Waals surface area contributed by atoms with E-state index in [2.05, 4.69) is 28.3 Å². The molecule has 2 rings (SSSR count). The van der Waals surface area contributed by atoms with E-state index in [1.54, 1.807) is 12.4 Å². The average Bonchev–Trinajstić information content (AvgIpc) is 2.42. The number of hydrogen-bond acceptors (Lipinski definition) is 4. The fourth-order valence-corrected chi connectivity index (χ4v) is 1.67. The molecular formula is C15H19N3O. The summed E-state index contributed by atoms with van der Waals surface area (Å²) in [7, 11) is 0. The van der Waals surface area contributed by atoms with Crippen molar-refractivity contribution < 1.29 is 4.74 Å². The standard InChI is InChI=1S/C15H19N3O/c1-4-16-8-13-9-17-15(18-10-13)19-14-7-11(2)5-6-12(14)3/h5-7,9-10,16H,4,8H2,1-3H3. The van der Waals surface area contributed by atoms with Crippen molar-refractivity contribution in [2.24, 2.45) is 0 Å². The molecule has 1 heterocycles. The lowest BCUT2D eigenvalue weighted by Crippen LogP contribution is -2.12. The molecule has 0 fully saturated rings. The molecule has 1 aromatic heterocycles. The van der Waals surface area contributed by atoms with Crippen LogP contribution in [0.5, 0.6) is 11.8 Å². The Bertz CT molecular complexity index is 538. The van der Waals surface area contributed by atoms with E-state index in [1.165, 1.54) is 0 Å². The summed E-state index contributed by atoms with van der Waals surface area (Å²) in [6.45, 7) is 7.82. The van der Waals surface area contributed by atoms with Crippen molar-refractivity contribution in [3.05, 3.63) is 47.3 Å². The molecule has 0 aliphatic carbocycles. The number of hydrogen-bond donors (Lipinski definition) is 1. The third-order valence-corrected chi connectivity index (χ3v) is 2.81. The number of nitrogens with zero attached hydrogens (tertiary/aromatic N) is 2. The van der Waals surface area contributed by atoms with Crippen LogP contribution < -0.4 is 10.1 Å². The molecular weight excluding hydrogens is 238 g/mol. The van der Waals surface area contributed by atoms with Crippen LogP contribution in [0.4, 0.5) is 0 Å². The molecule has 4 heteroatoms. The van der Waals surface area contributed by atoms with Gasteiger partial charge in [-0.05, 0) is 37.6 Å². The zero-order chi connectivity index (χ0) is 13.7. The van der Waals surface area contributed by atoms with E-state index in [9.17, 15) is 0 Å². The number of aromatic nitrogens is 2. The monoisotopic (exact) mass is 257 g/mol. The van der Waals surface area contributed by atoms with Crippen molar-refractivity contribution in [2.45, 2.75) is 27.3 Å². The van der Waals surface area contributed by atoms with Gasteiger partial charge < -0.3 is 10.1 Å². The lowest BCUT2D eigenvalue weighted by atomic mass is 10.1. The molecule has 0 atom stereocenters. The molecule has 100 valence electrons. The molecule has 0 spiro atoms. The lowest BCUT2D eigenvalue weighted by molar-refractivity contribution is 0.437. The zero-order valence-corrected chi connectivity index (χ0v) is 11.6. The maximum absolute atomic E-state index is 5.71. The maximum atomic E-state index is 5.71. The third-order valence-electron chi connectivity index (χ3n) is 2.81. The smallest absolute Gasteiger partial charge is 0.321 e. The highest BCUT2D eigenvalue weighted by atomic mass is 16.5. The Morgan fingerprint density at radius 3 is 2.58 bits per heavy atom. The molecule has 1 N–H and O–H groups in total. The van der Waals surface area contributed by atoms with Crippen molar-refractivity contribution in [3.63, 3.8) is 0 Å². The Morgan fingerprint density at radius 2 is 1.89 bits per heavy atom. The minimum Gasteiger partial charge on any atom is -0.424 e. The number of rotatable bonds is 5. The summed E-state index contributed by atoms with van der Waals surface area (Å²) in [5.74, 6) is 0.805. The summed E-state index contributed by atoms with van der Waals surface area (Å²) in [5, 5.41) is 3.23. The van der Waals surface area contributed by atoms with E-state index < -0.39 is 0 Å². The van der Waals surface area contributed by atoms with E-state index >= 15 is 0 Å². The molecule has 19 heavy (non-hydrogen) atoms. The van der Waals surface area contributed by atoms with Crippen LogP contribution in [-0.2, 0) is 6.54 Å². The topological polar surface area (TPSA) is 47.0 Å².